The molecule has 4 saturated carbocycles. The molecule has 0 saturated heterocycles. The van der Waals surface area contributed by atoms with Crippen LogP contribution < -0.4 is 0 Å². The summed E-state index contributed by atoms with van der Waals surface area (Å²) in [5.74, 6) is 6.28. The minimum absolute atomic E-state index is 0.689. The van der Waals surface area contributed by atoms with Crippen molar-refractivity contribution in [3.63, 3.8) is 0 Å². The van der Waals surface area contributed by atoms with E-state index in [9.17, 15) is 0 Å². The molecule has 0 aromatic rings. The summed E-state index contributed by atoms with van der Waals surface area (Å²) in [6, 6.07) is 0. The highest BCUT2D eigenvalue weighted by atomic mass is 14.6. The molecule has 4 fully saturated rings. The Morgan fingerprint density at radius 1 is 0.826 bits per heavy atom. The van der Waals surface area contributed by atoms with Gasteiger partial charge in [-0.1, -0.05) is 47.0 Å². The summed E-state index contributed by atoms with van der Waals surface area (Å²) in [5.41, 5.74) is 1.41. The second kappa shape index (κ2) is 5.77. The molecule has 23 heavy (non-hydrogen) atoms. The van der Waals surface area contributed by atoms with Crippen molar-refractivity contribution in [1.82, 2.24) is 0 Å². The highest BCUT2D eigenvalue weighted by Gasteiger charge is 2.59. The fourth-order valence-electron chi connectivity index (χ4n) is 8.55. The fraction of sp³-hybridized carbons (Fsp3) is 1.00. The first kappa shape index (κ1) is 16.5. The molecule has 0 radical (unpaired) electrons. The Hall–Kier alpha value is 0. The Balaban J connectivity index is 1.60. The lowest BCUT2D eigenvalue weighted by molar-refractivity contribution is -0.114. The highest BCUT2D eigenvalue weighted by molar-refractivity contribution is 5.09. The van der Waals surface area contributed by atoms with Crippen molar-refractivity contribution in [2.75, 3.05) is 0 Å². The van der Waals surface area contributed by atoms with Gasteiger partial charge in [0.2, 0.25) is 0 Å². The van der Waals surface area contributed by atoms with Crippen LogP contribution in [0.1, 0.15) is 98.3 Å². The van der Waals surface area contributed by atoms with Crippen LogP contribution in [0.5, 0.6) is 0 Å². The van der Waals surface area contributed by atoms with E-state index in [1.54, 1.807) is 51.4 Å². The van der Waals surface area contributed by atoms with E-state index in [-0.39, 0.29) is 0 Å². The fourth-order valence-corrected chi connectivity index (χ4v) is 8.55. The molecule has 0 nitrogen and oxygen atoms in total. The maximum absolute atomic E-state index is 2.72. The lowest BCUT2D eigenvalue weighted by Crippen LogP contribution is -2.53. The van der Waals surface area contributed by atoms with E-state index in [0.717, 1.165) is 40.9 Å². The number of hydrogen-bond donors (Lipinski definition) is 0. The standard InChI is InChI=1S/C23H40/c1-5-16(2)19-11-12-20-18-10-9-17-8-6-7-14-22(17,3)21(18)13-15-23(19,20)4/h16-21H,5-15H2,1-4H3/t16-,17?,18+,19-,20+,21+,22+,23-/m1/s1. The van der Waals surface area contributed by atoms with Crippen molar-refractivity contribution in [3.8, 4) is 0 Å². The van der Waals surface area contributed by atoms with Gasteiger partial charge in [0.15, 0.2) is 0 Å². The lowest BCUT2D eigenvalue weighted by atomic mass is 9.44. The summed E-state index contributed by atoms with van der Waals surface area (Å²) in [6.45, 7) is 10.4. The van der Waals surface area contributed by atoms with Crippen molar-refractivity contribution in [2.45, 2.75) is 98.3 Å². The van der Waals surface area contributed by atoms with Gasteiger partial charge < -0.3 is 0 Å². The molecular weight excluding hydrogens is 276 g/mol. The molecule has 1 unspecified atom stereocenters. The summed E-state index contributed by atoms with van der Waals surface area (Å²) in [7, 11) is 0. The lowest BCUT2D eigenvalue weighted by Gasteiger charge is -2.61. The van der Waals surface area contributed by atoms with E-state index < -0.39 is 0 Å². The van der Waals surface area contributed by atoms with Gasteiger partial charge in [0.1, 0.15) is 0 Å². The molecule has 0 aromatic heterocycles. The first-order valence-electron chi connectivity index (χ1n) is 11.0. The molecule has 0 aliphatic heterocycles. The predicted molar refractivity (Wildman–Crippen MR) is 99.3 cm³/mol. The van der Waals surface area contributed by atoms with Crippen LogP contribution in [0.2, 0.25) is 0 Å². The smallest absolute Gasteiger partial charge is 0.0264 e. The van der Waals surface area contributed by atoms with Crippen molar-refractivity contribution < 1.29 is 0 Å². The Bertz CT molecular complexity index is 439. The Labute approximate surface area is 145 Å². The molecular formula is C23H40. The summed E-state index contributed by atoms with van der Waals surface area (Å²) in [4.78, 5) is 0. The maximum atomic E-state index is 2.72. The Morgan fingerprint density at radius 2 is 1.61 bits per heavy atom. The van der Waals surface area contributed by atoms with Crippen LogP contribution in [-0.4, -0.2) is 0 Å². The van der Waals surface area contributed by atoms with E-state index >= 15 is 0 Å². The quantitative estimate of drug-likeness (QED) is 0.510. The Kier molecular flexibility index (Phi) is 4.13. The average Bonchev–Trinajstić information content (AvgIpc) is 2.91. The molecule has 0 N–H and O–H groups in total. The van der Waals surface area contributed by atoms with Crippen LogP contribution in [0, 0.1) is 46.3 Å². The third kappa shape index (κ3) is 2.29. The Morgan fingerprint density at radius 3 is 2.39 bits per heavy atom. The van der Waals surface area contributed by atoms with Gasteiger partial charge in [-0.05, 0) is 97.7 Å². The van der Waals surface area contributed by atoms with Gasteiger partial charge in [-0.2, -0.15) is 0 Å². The molecule has 4 aliphatic carbocycles. The van der Waals surface area contributed by atoms with Gasteiger partial charge >= 0.3 is 0 Å². The van der Waals surface area contributed by atoms with Crippen LogP contribution >= 0.6 is 0 Å². The van der Waals surface area contributed by atoms with Crippen LogP contribution in [0.3, 0.4) is 0 Å². The molecule has 132 valence electrons. The molecule has 0 aromatic carbocycles. The SMILES string of the molecule is CC[C@@H](C)[C@H]1CC[C@H]2[C@@H]3CCC4CCCC[C@]4(C)[C@H]3CC[C@]12C. The summed E-state index contributed by atoms with van der Waals surface area (Å²) < 4.78 is 0. The second-order valence-electron chi connectivity index (χ2n) is 10.5. The average molecular weight is 317 g/mol. The minimum atomic E-state index is 0.689. The zero-order chi connectivity index (χ0) is 16.2. The summed E-state index contributed by atoms with van der Waals surface area (Å²) in [5, 5.41) is 0. The van der Waals surface area contributed by atoms with Gasteiger partial charge in [-0.25, -0.2) is 0 Å². The van der Waals surface area contributed by atoms with Gasteiger partial charge in [-0.3, -0.25) is 0 Å². The van der Waals surface area contributed by atoms with E-state index in [0.29, 0.717) is 5.41 Å². The van der Waals surface area contributed by atoms with E-state index in [1.807, 2.05) is 0 Å². The van der Waals surface area contributed by atoms with Gasteiger partial charge in [-0.15, -0.1) is 0 Å². The van der Waals surface area contributed by atoms with Crippen LogP contribution in [-0.2, 0) is 0 Å². The number of rotatable bonds is 2. The summed E-state index contributed by atoms with van der Waals surface area (Å²) in [6.07, 6.45) is 16.9. The van der Waals surface area contributed by atoms with Crippen LogP contribution in [0.4, 0.5) is 0 Å². The predicted octanol–water partition coefficient (Wildman–Crippen LogP) is 7.08. The molecule has 0 heterocycles. The molecule has 0 bridgehead atoms. The largest absolute Gasteiger partial charge is 0.0651 e. The van der Waals surface area contributed by atoms with E-state index in [4.69, 9.17) is 0 Å². The molecule has 0 amide bonds. The van der Waals surface area contributed by atoms with Crippen molar-refractivity contribution >= 4 is 0 Å². The third-order valence-corrected chi connectivity index (χ3v) is 9.99. The molecule has 8 atom stereocenters. The van der Waals surface area contributed by atoms with Crippen molar-refractivity contribution in [1.29, 1.82) is 0 Å². The monoisotopic (exact) mass is 316 g/mol. The zero-order valence-corrected chi connectivity index (χ0v) is 16.2. The van der Waals surface area contributed by atoms with E-state index in [2.05, 4.69) is 27.7 Å². The zero-order valence-electron chi connectivity index (χ0n) is 16.2. The number of hydrogen-bond acceptors (Lipinski definition) is 0. The van der Waals surface area contributed by atoms with E-state index in [1.165, 1.54) is 19.3 Å². The van der Waals surface area contributed by atoms with Crippen LogP contribution in [0.15, 0.2) is 0 Å². The molecule has 4 rings (SSSR count). The highest BCUT2D eigenvalue weighted by Crippen LogP contribution is 2.68. The normalized spacial score (nSPS) is 54.0. The second-order valence-corrected chi connectivity index (χ2v) is 10.5. The number of fused-ring (bicyclic) bond motifs is 5. The summed E-state index contributed by atoms with van der Waals surface area (Å²) >= 11 is 0. The third-order valence-electron chi connectivity index (χ3n) is 9.99. The topological polar surface area (TPSA) is 0 Å². The van der Waals surface area contributed by atoms with Gasteiger partial charge in [0.05, 0.1) is 0 Å². The molecule has 4 aliphatic rings. The van der Waals surface area contributed by atoms with Gasteiger partial charge in [0.25, 0.3) is 0 Å². The first-order valence-corrected chi connectivity index (χ1v) is 11.0. The van der Waals surface area contributed by atoms with Crippen molar-refractivity contribution in [2.24, 2.45) is 46.3 Å². The maximum Gasteiger partial charge on any atom is -0.0264 e. The van der Waals surface area contributed by atoms with Crippen molar-refractivity contribution in [3.05, 3.63) is 0 Å². The van der Waals surface area contributed by atoms with Crippen LogP contribution in [0.25, 0.3) is 0 Å². The molecule has 0 heteroatoms. The van der Waals surface area contributed by atoms with Gasteiger partial charge in [0, 0.05) is 0 Å². The first-order chi connectivity index (χ1) is 11.0. The minimum Gasteiger partial charge on any atom is -0.0651 e. The molecule has 0 spiro atoms.